The zero-order chi connectivity index (χ0) is 12.3. The second-order valence-electron chi connectivity index (χ2n) is 5.64. The van der Waals surface area contributed by atoms with E-state index in [-0.39, 0.29) is 29.2 Å². The monoisotopic (exact) mass is 226 g/mol. The van der Waals surface area contributed by atoms with Crippen molar-refractivity contribution in [1.82, 2.24) is 5.32 Å². The topological polar surface area (TPSA) is 72.2 Å². The molecule has 3 N–H and O–H groups in total. The van der Waals surface area contributed by atoms with Crippen LogP contribution in [-0.4, -0.2) is 17.4 Å². The highest BCUT2D eigenvalue weighted by molar-refractivity contribution is 5.87. The smallest absolute Gasteiger partial charge is 0.224 e. The van der Waals surface area contributed by atoms with Gasteiger partial charge in [0.05, 0.1) is 0 Å². The van der Waals surface area contributed by atoms with E-state index < -0.39 is 0 Å². The molecule has 0 aliphatic heterocycles. The molecule has 0 bridgehead atoms. The van der Waals surface area contributed by atoms with Crippen molar-refractivity contribution in [2.24, 2.45) is 17.6 Å². The van der Waals surface area contributed by atoms with Gasteiger partial charge < -0.3 is 11.1 Å². The van der Waals surface area contributed by atoms with Gasteiger partial charge in [0.2, 0.25) is 11.8 Å². The number of amides is 2. The van der Waals surface area contributed by atoms with Crippen molar-refractivity contribution in [2.75, 3.05) is 0 Å². The predicted molar refractivity (Wildman–Crippen MR) is 62.5 cm³/mol. The van der Waals surface area contributed by atoms with Crippen LogP contribution in [0.3, 0.4) is 0 Å². The molecule has 1 aliphatic carbocycles. The summed E-state index contributed by atoms with van der Waals surface area (Å²) in [5.74, 6) is -0.883. The third-order valence-corrected chi connectivity index (χ3v) is 2.97. The Kier molecular flexibility index (Phi) is 3.94. The number of nitrogens with two attached hydrogens (primary N) is 1. The first-order chi connectivity index (χ1) is 7.31. The van der Waals surface area contributed by atoms with Crippen LogP contribution in [0.25, 0.3) is 0 Å². The van der Waals surface area contributed by atoms with Gasteiger partial charge in [0.25, 0.3) is 0 Å². The number of hydrogen-bond acceptors (Lipinski definition) is 2. The molecule has 1 rings (SSSR count). The summed E-state index contributed by atoms with van der Waals surface area (Å²) in [5.41, 5.74) is 5.09. The fourth-order valence-electron chi connectivity index (χ4n) is 2.25. The van der Waals surface area contributed by atoms with Crippen LogP contribution in [-0.2, 0) is 9.59 Å². The van der Waals surface area contributed by atoms with Gasteiger partial charge in [-0.15, -0.1) is 0 Å². The minimum atomic E-state index is -0.339. The summed E-state index contributed by atoms with van der Waals surface area (Å²) in [7, 11) is 0. The average molecular weight is 226 g/mol. The van der Waals surface area contributed by atoms with Gasteiger partial charge in [0.1, 0.15) is 0 Å². The molecule has 0 spiro atoms. The predicted octanol–water partition coefficient (Wildman–Crippen LogP) is 1.19. The van der Waals surface area contributed by atoms with Crippen molar-refractivity contribution in [2.45, 2.75) is 52.0 Å². The fourth-order valence-corrected chi connectivity index (χ4v) is 2.25. The minimum absolute atomic E-state index is 0.0315. The van der Waals surface area contributed by atoms with Crippen molar-refractivity contribution >= 4 is 11.8 Å². The molecule has 16 heavy (non-hydrogen) atoms. The Morgan fingerprint density at radius 1 is 1.12 bits per heavy atom. The SMILES string of the molecule is CC(C)(C)NC(=O)C1CCCCC1C(N)=O. The lowest BCUT2D eigenvalue weighted by molar-refractivity contribution is -0.135. The van der Waals surface area contributed by atoms with Crippen molar-refractivity contribution in [3.63, 3.8) is 0 Å². The third kappa shape index (κ3) is 3.51. The number of primary amides is 1. The molecule has 0 aromatic heterocycles. The van der Waals surface area contributed by atoms with Crippen LogP contribution in [0.4, 0.5) is 0 Å². The second kappa shape index (κ2) is 4.85. The van der Waals surface area contributed by atoms with E-state index in [0.29, 0.717) is 0 Å². The van der Waals surface area contributed by atoms with Crippen LogP contribution in [0.2, 0.25) is 0 Å². The number of nitrogens with one attached hydrogen (secondary N) is 1. The summed E-state index contributed by atoms with van der Waals surface area (Å²) in [6.07, 6.45) is 3.52. The van der Waals surface area contributed by atoms with Crippen LogP contribution in [0, 0.1) is 11.8 Å². The largest absolute Gasteiger partial charge is 0.369 e. The molecule has 1 fully saturated rings. The molecule has 1 aliphatic rings. The van der Waals surface area contributed by atoms with E-state index in [2.05, 4.69) is 5.32 Å². The third-order valence-electron chi connectivity index (χ3n) is 2.97. The van der Waals surface area contributed by atoms with Crippen molar-refractivity contribution in [1.29, 1.82) is 0 Å². The summed E-state index contributed by atoms with van der Waals surface area (Å²) < 4.78 is 0. The van der Waals surface area contributed by atoms with Crippen LogP contribution in [0.1, 0.15) is 46.5 Å². The molecule has 4 heteroatoms. The average Bonchev–Trinajstić information content (AvgIpc) is 2.15. The number of hydrogen-bond donors (Lipinski definition) is 2. The fraction of sp³-hybridized carbons (Fsp3) is 0.833. The highest BCUT2D eigenvalue weighted by atomic mass is 16.2. The van der Waals surface area contributed by atoms with Gasteiger partial charge in [-0.25, -0.2) is 0 Å². The van der Waals surface area contributed by atoms with Crippen molar-refractivity contribution in [3.05, 3.63) is 0 Å². The summed E-state index contributed by atoms with van der Waals surface area (Å²) in [4.78, 5) is 23.3. The zero-order valence-corrected chi connectivity index (χ0v) is 10.4. The lowest BCUT2D eigenvalue weighted by Crippen LogP contribution is -2.48. The molecule has 0 aromatic rings. The van der Waals surface area contributed by atoms with Gasteiger partial charge in [-0.2, -0.15) is 0 Å². The minimum Gasteiger partial charge on any atom is -0.369 e. The number of carbonyl (C=O) groups is 2. The summed E-state index contributed by atoms with van der Waals surface area (Å²) in [6, 6.07) is 0. The lowest BCUT2D eigenvalue weighted by Gasteiger charge is -2.31. The Hall–Kier alpha value is -1.06. The molecule has 2 amide bonds. The van der Waals surface area contributed by atoms with Crippen LogP contribution >= 0.6 is 0 Å². The van der Waals surface area contributed by atoms with Crippen molar-refractivity contribution in [3.8, 4) is 0 Å². The van der Waals surface area contributed by atoms with Gasteiger partial charge in [-0.1, -0.05) is 12.8 Å². The van der Waals surface area contributed by atoms with Gasteiger partial charge in [0, 0.05) is 17.4 Å². The Balaban J connectivity index is 2.68. The number of rotatable bonds is 2. The summed E-state index contributed by atoms with van der Waals surface area (Å²) >= 11 is 0. The maximum Gasteiger partial charge on any atom is 0.224 e. The number of carbonyl (C=O) groups excluding carboxylic acids is 2. The van der Waals surface area contributed by atoms with Gasteiger partial charge in [0.15, 0.2) is 0 Å². The molecule has 2 unspecified atom stereocenters. The highest BCUT2D eigenvalue weighted by Crippen LogP contribution is 2.30. The normalized spacial score (nSPS) is 26.2. The summed E-state index contributed by atoms with van der Waals surface area (Å²) in [6.45, 7) is 5.81. The second-order valence-corrected chi connectivity index (χ2v) is 5.64. The molecular formula is C12H22N2O2. The Labute approximate surface area is 97.0 Å². The van der Waals surface area contributed by atoms with E-state index >= 15 is 0 Å². The first-order valence-electron chi connectivity index (χ1n) is 5.92. The van der Waals surface area contributed by atoms with Crippen LogP contribution < -0.4 is 11.1 Å². The first-order valence-corrected chi connectivity index (χ1v) is 5.92. The molecule has 2 atom stereocenters. The van der Waals surface area contributed by atoms with Crippen molar-refractivity contribution < 1.29 is 9.59 Å². The van der Waals surface area contributed by atoms with E-state index in [1.54, 1.807) is 0 Å². The van der Waals surface area contributed by atoms with E-state index in [4.69, 9.17) is 5.73 Å². The molecular weight excluding hydrogens is 204 g/mol. The quantitative estimate of drug-likeness (QED) is 0.742. The lowest BCUT2D eigenvalue weighted by atomic mass is 9.78. The highest BCUT2D eigenvalue weighted by Gasteiger charge is 2.35. The van der Waals surface area contributed by atoms with E-state index in [1.165, 1.54) is 0 Å². The van der Waals surface area contributed by atoms with Gasteiger partial charge in [-0.05, 0) is 33.6 Å². The maximum atomic E-state index is 12.0. The molecule has 0 saturated heterocycles. The zero-order valence-electron chi connectivity index (χ0n) is 10.4. The maximum absolute atomic E-state index is 12.0. The van der Waals surface area contributed by atoms with Crippen LogP contribution in [0.5, 0.6) is 0 Å². The molecule has 4 nitrogen and oxygen atoms in total. The Morgan fingerprint density at radius 3 is 2.06 bits per heavy atom. The van der Waals surface area contributed by atoms with Gasteiger partial charge >= 0.3 is 0 Å². The first kappa shape index (κ1) is 13.0. The molecule has 92 valence electrons. The Bertz CT molecular complexity index is 281. The van der Waals surface area contributed by atoms with Gasteiger partial charge in [-0.3, -0.25) is 9.59 Å². The molecule has 0 radical (unpaired) electrons. The molecule has 1 saturated carbocycles. The van der Waals surface area contributed by atoms with E-state index in [9.17, 15) is 9.59 Å². The summed E-state index contributed by atoms with van der Waals surface area (Å²) in [5, 5.41) is 2.93. The molecule has 0 heterocycles. The molecule has 0 aromatic carbocycles. The standard InChI is InChI=1S/C12H22N2O2/c1-12(2,3)14-11(16)9-7-5-4-6-8(9)10(13)15/h8-9H,4-7H2,1-3H3,(H2,13,15)(H,14,16). The van der Waals surface area contributed by atoms with E-state index in [0.717, 1.165) is 25.7 Å². The van der Waals surface area contributed by atoms with E-state index in [1.807, 2.05) is 20.8 Å². The van der Waals surface area contributed by atoms with Crippen LogP contribution in [0.15, 0.2) is 0 Å². The Morgan fingerprint density at radius 2 is 1.62 bits per heavy atom.